The molecule has 0 amide bonds. The summed E-state index contributed by atoms with van der Waals surface area (Å²) in [5.41, 5.74) is 6.11. The van der Waals surface area contributed by atoms with Crippen molar-refractivity contribution < 1.29 is 9.72 Å². The highest BCUT2D eigenvalue weighted by molar-refractivity contribution is 5.97. The fourth-order valence-corrected chi connectivity index (χ4v) is 0.921. The van der Waals surface area contributed by atoms with E-state index in [1.54, 1.807) is 12.1 Å². The first kappa shape index (κ1) is 9.18. The van der Waals surface area contributed by atoms with E-state index in [0.717, 1.165) is 0 Å². The van der Waals surface area contributed by atoms with Gasteiger partial charge in [0.05, 0.1) is 0 Å². The second-order valence-electron chi connectivity index (χ2n) is 2.54. The van der Waals surface area contributed by atoms with Gasteiger partial charge in [0, 0.05) is 16.2 Å². The quantitative estimate of drug-likeness (QED) is 0.321. The minimum absolute atomic E-state index is 0.275. The van der Waals surface area contributed by atoms with Crippen LogP contribution in [0.15, 0.2) is 24.3 Å². The summed E-state index contributed by atoms with van der Waals surface area (Å²) < 4.78 is 0. The van der Waals surface area contributed by atoms with E-state index in [1.165, 1.54) is 12.1 Å². The number of carbonyl (C=O) groups is 1. The molecule has 1 aromatic carbocycles. The van der Waals surface area contributed by atoms with Crippen molar-refractivity contribution in [2.45, 2.75) is 0 Å². The molecule has 0 aliphatic rings. The number of hydrogen-bond acceptors (Lipinski definition) is 4. The number of anilines is 1. The SMILES string of the molecule is Nc1cccc(C(=O)C[N+](=O)[O-])c1. The number of nitrogens with zero attached hydrogens (tertiary/aromatic N) is 1. The Hall–Kier alpha value is -1.91. The minimum Gasteiger partial charge on any atom is -0.399 e. The molecule has 0 bridgehead atoms. The van der Waals surface area contributed by atoms with Crippen molar-refractivity contribution >= 4 is 11.5 Å². The molecule has 0 aromatic heterocycles. The number of benzene rings is 1. The lowest BCUT2D eigenvalue weighted by Gasteiger charge is -1.97. The molecule has 0 fully saturated rings. The monoisotopic (exact) mass is 180 g/mol. The van der Waals surface area contributed by atoms with Gasteiger partial charge in [-0.15, -0.1) is 0 Å². The van der Waals surface area contributed by atoms with Gasteiger partial charge in [-0.3, -0.25) is 14.9 Å². The van der Waals surface area contributed by atoms with Crippen LogP contribution in [0.5, 0.6) is 0 Å². The summed E-state index contributed by atoms with van der Waals surface area (Å²) in [5.74, 6) is -0.530. The molecule has 0 heterocycles. The van der Waals surface area contributed by atoms with Gasteiger partial charge in [-0.05, 0) is 12.1 Å². The first-order valence-corrected chi connectivity index (χ1v) is 3.60. The van der Waals surface area contributed by atoms with Crippen molar-refractivity contribution in [2.24, 2.45) is 0 Å². The lowest BCUT2D eigenvalue weighted by molar-refractivity contribution is -0.465. The second-order valence-corrected chi connectivity index (χ2v) is 2.54. The molecule has 13 heavy (non-hydrogen) atoms. The molecular weight excluding hydrogens is 172 g/mol. The molecule has 0 atom stereocenters. The fraction of sp³-hybridized carbons (Fsp3) is 0.125. The number of Topliss-reactive ketones (excluding diaryl/α,β-unsaturated/α-hetero) is 1. The standard InChI is InChI=1S/C8H8N2O3/c9-7-3-1-2-6(4-7)8(11)5-10(12)13/h1-4H,5,9H2. The molecule has 0 aliphatic heterocycles. The summed E-state index contributed by atoms with van der Waals surface area (Å²) >= 11 is 0. The molecule has 0 spiro atoms. The third kappa shape index (κ3) is 2.55. The minimum atomic E-state index is -0.691. The van der Waals surface area contributed by atoms with Crippen LogP contribution in [0, 0.1) is 10.1 Å². The van der Waals surface area contributed by atoms with Gasteiger partial charge in [0.15, 0.2) is 0 Å². The molecule has 0 unspecified atom stereocenters. The van der Waals surface area contributed by atoms with Crippen molar-refractivity contribution in [1.29, 1.82) is 0 Å². The fourth-order valence-electron chi connectivity index (χ4n) is 0.921. The van der Waals surface area contributed by atoms with Gasteiger partial charge in [0.25, 0.3) is 6.54 Å². The molecule has 2 N–H and O–H groups in total. The average molecular weight is 180 g/mol. The van der Waals surface area contributed by atoms with E-state index in [9.17, 15) is 14.9 Å². The topological polar surface area (TPSA) is 86.2 Å². The van der Waals surface area contributed by atoms with Crippen LogP contribution in [0.1, 0.15) is 10.4 Å². The highest BCUT2D eigenvalue weighted by Gasteiger charge is 2.11. The van der Waals surface area contributed by atoms with Crippen LogP contribution >= 0.6 is 0 Å². The van der Waals surface area contributed by atoms with Crippen molar-refractivity contribution in [1.82, 2.24) is 0 Å². The van der Waals surface area contributed by atoms with Gasteiger partial charge in [-0.1, -0.05) is 12.1 Å². The Morgan fingerprint density at radius 1 is 1.54 bits per heavy atom. The van der Waals surface area contributed by atoms with E-state index in [4.69, 9.17) is 5.73 Å². The smallest absolute Gasteiger partial charge is 0.265 e. The Kier molecular flexibility index (Phi) is 2.59. The van der Waals surface area contributed by atoms with E-state index in [-0.39, 0.29) is 5.56 Å². The number of nitrogen functional groups attached to an aromatic ring is 1. The van der Waals surface area contributed by atoms with Crippen LogP contribution in [0.25, 0.3) is 0 Å². The highest BCUT2D eigenvalue weighted by atomic mass is 16.6. The van der Waals surface area contributed by atoms with E-state index < -0.39 is 17.3 Å². The number of nitro groups is 1. The number of carbonyl (C=O) groups excluding carboxylic acids is 1. The number of nitrogens with two attached hydrogens (primary N) is 1. The van der Waals surface area contributed by atoms with Crippen molar-refractivity contribution in [2.75, 3.05) is 12.3 Å². The molecule has 1 aromatic rings. The summed E-state index contributed by atoms with van der Waals surface area (Å²) in [7, 11) is 0. The molecule has 5 heteroatoms. The predicted octanol–water partition coefficient (Wildman–Crippen LogP) is 0.728. The first-order valence-electron chi connectivity index (χ1n) is 3.60. The maximum atomic E-state index is 11.1. The molecule has 0 saturated heterocycles. The number of hydrogen-bond donors (Lipinski definition) is 1. The predicted molar refractivity (Wildman–Crippen MR) is 47.0 cm³/mol. The molecule has 1 rings (SSSR count). The largest absolute Gasteiger partial charge is 0.399 e. The summed E-state index contributed by atoms with van der Waals surface area (Å²) in [6, 6.07) is 6.12. The molecule has 5 nitrogen and oxygen atoms in total. The Morgan fingerprint density at radius 3 is 2.77 bits per heavy atom. The van der Waals surface area contributed by atoms with Crippen LogP contribution < -0.4 is 5.73 Å². The van der Waals surface area contributed by atoms with Gasteiger partial charge in [0.1, 0.15) is 0 Å². The van der Waals surface area contributed by atoms with Gasteiger partial charge in [-0.25, -0.2) is 0 Å². The lowest BCUT2D eigenvalue weighted by atomic mass is 10.1. The third-order valence-electron chi connectivity index (χ3n) is 1.48. The maximum absolute atomic E-state index is 11.1. The van der Waals surface area contributed by atoms with Crippen LogP contribution in [0.3, 0.4) is 0 Å². The summed E-state index contributed by atoms with van der Waals surface area (Å²) in [6.45, 7) is -0.691. The molecule has 68 valence electrons. The number of rotatable bonds is 3. The summed E-state index contributed by atoms with van der Waals surface area (Å²) in [5, 5.41) is 10.0. The van der Waals surface area contributed by atoms with Crippen LogP contribution in [-0.4, -0.2) is 17.3 Å². The van der Waals surface area contributed by atoms with Crippen LogP contribution in [0.4, 0.5) is 5.69 Å². The molecule has 0 aliphatic carbocycles. The van der Waals surface area contributed by atoms with E-state index in [2.05, 4.69) is 0 Å². The van der Waals surface area contributed by atoms with E-state index in [0.29, 0.717) is 5.69 Å². The van der Waals surface area contributed by atoms with E-state index >= 15 is 0 Å². The second kappa shape index (κ2) is 3.66. The number of ketones is 1. The summed E-state index contributed by atoms with van der Waals surface area (Å²) in [4.78, 5) is 20.5. The van der Waals surface area contributed by atoms with Crippen molar-refractivity contribution in [3.05, 3.63) is 39.9 Å². The Morgan fingerprint density at radius 2 is 2.23 bits per heavy atom. The Balaban J connectivity index is 2.83. The van der Waals surface area contributed by atoms with Gasteiger partial charge < -0.3 is 5.73 Å². The normalized spacial score (nSPS) is 9.54. The molecule has 0 radical (unpaired) electrons. The maximum Gasteiger partial charge on any atom is 0.265 e. The van der Waals surface area contributed by atoms with Gasteiger partial charge >= 0.3 is 0 Å². The first-order chi connectivity index (χ1) is 6.09. The third-order valence-corrected chi connectivity index (χ3v) is 1.48. The van der Waals surface area contributed by atoms with Gasteiger partial charge in [0.2, 0.25) is 5.78 Å². The molecular formula is C8H8N2O3. The Labute approximate surface area is 74.3 Å². The van der Waals surface area contributed by atoms with Crippen molar-refractivity contribution in [3.8, 4) is 0 Å². The zero-order chi connectivity index (χ0) is 9.84. The van der Waals surface area contributed by atoms with Crippen molar-refractivity contribution in [3.63, 3.8) is 0 Å². The zero-order valence-electron chi connectivity index (χ0n) is 6.77. The Bertz CT molecular complexity index is 349. The zero-order valence-corrected chi connectivity index (χ0v) is 6.77. The molecule has 0 saturated carbocycles. The summed E-state index contributed by atoms with van der Waals surface area (Å²) in [6.07, 6.45) is 0. The lowest BCUT2D eigenvalue weighted by Crippen LogP contribution is -2.13. The highest BCUT2D eigenvalue weighted by Crippen LogP contribution is 2.06. The van der Waals surface area contributed by atoms with Crippen LogP contribution in [0.2, 0.25) is 0 Å². The van der Waals surface area contributed by atoms with Gasteiger partial charge in [-0.2, -0.15) is 0 Å². The van der Waals surface area contributed by atoms with Crippen LogP contribution in [-0.2, 0) is 0 Å². The van der Waals surface area contributed by atoms with E-state index in [1.807, 2.05) is 0 Å². The average Bonchev–Trinajstić information content (AvgIpc) is 2.03.